The number of nitrogens with zero attached hydrogens (tertiary/aromatic N) is 1. The Labute approximate surface area is 119 Å². The second-order valence-electron chi connectivity index (χ2n) is 5.73. The van der Waals surface area contributed by atoms with Gasteiger partial charge in [-0.15, -0.1) is 0 Å². The number of carbonyl (C=O) groups excluding carboxylic acids is 1. The minimum Gasteiger partial charge on any atom is -0.324 e. The van der Waals surface area contributed by atoms with E-state index in [4.69, 9.17) is 5.73 Å². The molecule has 0 atom stereocenters. The first kappa shape index (κ1) is 15.0. The second kappa shape index (κ2) is 4.83. The summed E-state index contributed by atoms with van der Waals surface area (Å²) < 4.78 is 26.8. The van der Waals surface area contributed by atoms with Crippen molar-refractivity contribution in [2.45, 2.75) is 30.7 Å². The highest BCUT2D eigenvalue weighted by atomic mass is 32.2. The van der Waals surface area contributed by atoms with Crippen molar-refractivity contribution in [3.8, 4) is 0 Å². The minimum atomic E-state index is -3.61. The molecule has 0 aromatic heterocycles. The number of fused-ring (bicyclic) bond motifs is 1. The summed E-state index contributed by atoms with van der Waals surface area (Å²) in [6.45, 7) is 3.63. The van der Waals surface area contributed by atoms with Crippen molar-refractivity contribution in [3.05, 3.63) is 23.8 Å². The summed E-state index contributed by atoms with van der Waals surface area (Å²) >= 11 is 0. The van der Waals surface area contributed by atoms with Gasteiger partial charge in [0.25, 0.3) is 0 Å². The van der Waals surface area contributed by atoms with Crippen molar-refractivity contribution >= 4 is 21.6 Å². The highest BCUT2D eigenvalue weighted by molar-refractivity contribution is 7.89. The number of benzene rings is 1. The average molecular weight is 297 g/mol. The van der Waals surface area contributed by atoms with E-state index < -0.39 is 15.6 Å². The number of carbonyl (C=O) groups is 1. The lowest BCUT2D eigenvalue weighted by Crippen LogP contribution is -2.45. The molecule has 0 saturated heterocycles. The van der Waals surface area contributed by atoms with Gasteiger partial charge in [0, 0.05) is 24.8 Å². The summed E-state index contributed by atoms with van der Waals surface area (Å²) in [5.41, 5.74) is 6.63. The quantitative estimate of drug-likeness (QED) is 0.831. The van der Waals surface area contributed by atoms with Crippen molar-refractivity contribution in [1.29, 1.82) is 0 Å². The third kappa shape index (κ3) is 3.00. The normalized spacial score (nSPS) is 15.6. The predicted octanol–water partition coefficient (Wildman–Crippen LogP) is 0.221. The van der Waals surface area contributed by atoms with E-state index >= 15 is 0 Å². The van der Waals surface area contributed by atoms with Gasteiger partial charge in [-0.05, 0) is 37.6 Å². The molecule has 1 aliphatic rings. The SMILES string of the molecule is CN1C(=O)Cc2cc(S(=O)(=O)NCC(C)(C)N)ccc21. The van der Waals surface area contributed by atoms with Gasteiger partial charge in [-0.1, -0.05) is 0 Å². The third-order valence-corrected chi connectivity index (χ3v) is 4.56. The molecule has 3 N–H and O–H groups in total. The number of amides is 1. The van der Waals surface area contributed by atoms with Gasteiger partial charge in [-0.25, -0.2) is 13.1 Å². The molecule has 1 amide bonds. The van der Waals surface area contributed by atoms with E-state index in [1.807, 2.05) is 0 Å². The Kier molecular flexibility index (Phi) is 3.62. The van der Waals surface area contributed by atoms with Gasteiger partial charge in [0.05, 0.1) is 11.3 Å². The van der Waals surface area contributed by atoms with Crippen molar-refractivity contribution in [3.63, 3.8) is 0 Å². The molecule has 0 fully saturated rings. The fourth-order valence-corrected chi connectivity index (χ4v) is 3.25. The Morgan fingerprint density at radius 1 is 1.40 bits per heavy atom. The maximum atomic E-state index is 12.2. The summed E-state index contributed by atoms with van der Waals surface area (Å²) in [7, 11) is -1.93. The first-order valence-electron chi connectivity index (χ1n) is 6.28. The van der Waals surface area contributed by atoms with Crippen LogP contribution in [0, 0.1) is 0 Å². The maximum absolute atomic E-state index is 12.2. The third-order valence-electron chi connectivity index (χ3n) is 3.16. The molecule has 1 aliphatic heterocycles. The van der Waals surface area contributed by atoms with Crippen LogP contribution in [0.1, 0.15) is 19.4 Å². The van der Waals surface area contributed by atoms with E-state index in [0.29, 0.717) is 0 Å². The van der Waals surface area contributed by atoms with Gasteiger partial charge in [0.1, 0.15) is 0 Å². The Morgan fingerprint density at radius 2 is 2.05 bits per heavy atom. The van der Waals surface area contributed by atoms with Crippen LogP contribution in [0.15, 0.2) is 23.1 Å². The Hall–Kier alpha value is -1.44. The number of sulfonamides is 1. The fourth-order valence-electron chi connectivity index (χ4n) is 1.98. The summed E-state index contributed by atoms with van der Waals surface area (Å²) in [4.78, 5) is 13.3. The van der Waals surface area contributed by atoms with Crippen LogP contribution in [-0.4, -0.2) is 33.5 Å². The number of nitrogens with one attached hydrogen (secondary N) is 1. The van der Waals surface area contributed by atoms with Crippen LogP contribution >= 0.6 is 0 Å². The lowest BCUT2D eigenvalue weighted by Gasteiger charge is -2.19. The molecule has 0 spiro atoms. The zero-order chi connectivity index (χ0) is 15.1. The first-order chi connectivity index (χ1) is 9.10. The first-order valence-corrected chi connectivity index (χ1v) is 7.76. The van der Waals surface area contributed by atoms with Crippen LogP contribution < -0.4 is 15.4 Å². The molecule has 1 aromatic rings. The molecule has 1 heterocycles. The summed E-state index contributed by atoms with van der Waals surface area (Å²) in [5.74, 6) is -0.0365. The molecule has 1 aromatic carbocycles. The van der Waals surface area contributed by atoms with Gasteiger partial charge in [0.15, 0.2) is 0 Å². The number of rotatable bonds is 4. The maximum Gasteiger partial charge on any atom is 0.240 e. The lowest BCUT2D eigenvalue weighted by atomic mass is 10.1. The molecular weight excluding hydrogens is 278 g/mol. The molecule has 20 heavy (non-hydrogen) atoms. The molecule has 0 radical (unpaired) electrons. The number of hydrogen-bond acceptors (Lipinski definition) is 4. The van der Waals surface area contributed by atoms with E-state index in [2.05, 4.69) is 4.72 Å². The molecule has 6 nitrogen and oxygen atoms in total. The standard InChI is InChI=1S/C13H19N3O3S/c1-13(2,14)8-15-20(18,19)10-4-5-11-9(6-10)7-12(17)16(11)3/h4-6,15H,7-8,14H2,1-3H3. The van der Waals surface area contributed by atoms with Crippen LogP contribution in [0.25, 0.3) is 0 Å². The molecule has 0 bridgehead atoms. The van der Waals surface area contributed by atoms with Crippen LogP contribution in [0.4, 0.5) is 5.69 Å². The Morgan fingerprint density at radius 3 is 2.65 bits per heavy atom. The van der Waals surface area contributed by atoms with E-state index in [-0.39, 0.29) is 23.8 Å². The van der Waals surface area contributed by atoms with Gasteiger partial charge >= 0.3 is 0 Å². The predicted molar refractivity (Wildman–Crippen MR) is 77.0 cm³/mol. The number of nitrogens with two attached hydrogens (primary N) is 1. The summed E-state index contributed by atoms with van der Waals surface area (Å²) in [5, 5.41) is 0. The minimum absolute atomic E-state index is 0.0365. The van der Waals surface area contributed by atoms with E-state index in [1.165, 1.54) is 11.0 Å². The molecule has 2 rings (SSSR count). The van der Waals surface area contributed by atoms with Crippen LogP contribution in [0.3, 0.4) is 0 Å². The topological polar surface area (TPSA) is 92.5 Å². The highest BCUT2D eigenvalue weighted by Crippen LogP contribution is 2.29. The highest BCUT2D eigenvalue weighted by Gasteiger charge is 2.26. The Bertz CT molecular complexity index is 647. The zero-order valence-corrected chi connectivity index (χ0v) is 12.6. The molecular formula is C13H19N3O3S. The second-order valence-corrected chi connectivity index (χ2v) is 7.50. The largest absolute Gasteiger partial charge is 0.324 e. The average Bonchev–Trinajstić information content (AvgIpc) is 2.62. The van der Waals surface area contributed by atoms with Crippen molar-refractivity contribution in [2.75, 3.05) is 18.5 Å². The van der Waals surface area contributed by atoms with Gasteiger partial charge in [-0.2, -0.15) is 0 Å². The van der Waals surface area contributed by atoms with Crippen molar-refractivity contribution in [2.24, 2.45) is 5.73 Å². The lowest BCUT2D eigenvalue weighted by molar-refractivity contribution is -0.117. The van der Waals surface area contributed by atoms with E-state index in [0.717, 1.165) is 11.3 Å². The van der Waals surface area contributed by atoms with E-state index in [1.54, 1.807) is 33.0 Å². The molecule has 0 aliphatic carbocycles. The summed E-state index contributed by atoms with van der Waals surface area (Å²) in [6.07, 6.45) is 0.234. The van der Waals surface area contributed by atoms with E-state index in [9.17, 15) is 13.2 Å². The van der Waals surface area contributed by atoms with Gasteiger partial charge < -0.3 is 10.6 Å². The van der Waals surface area contributed by atoms with Gasteiger partial charge in [-0.3, -0.25) is 4.79 Å². The molecule has 110 valence electrons. The Balaban J connectivity index is 2.27. The summed E-state index contributed by atoms with van der Waals surface area (Å²) in [6, 6.07) is 4.70. The van der Waals surface area contributed by atoms with Crippen LogP contribution in [0.5, 0.6) is 0 Å². The smallest absolute Gasteiger partial charge is 0.240 e. The van der Waals surface area contributed by atoms with Crippen LogP contribution in [-0.2, 0) is 21.2 Å². The molecule has 0 saturated carbocycles. The van der Waals surface area contributed by atoms with Crippen LogP contribution in [0.2, 0.25) is 0 Å². The zero-order valence-electron chi connectivity index (χ0n) is 11.8. The fraction of sp³-hybridized carbons (Fsp3) is 0.462. The monoisotopic (exact) mass is 297 g/mol. The van der Waals surface area contributed by atoms with Gasteiger partial charge in [0.2, 0.25) is 15.9 Å². The number of hydrogen-bond donors (Lipinski definition) is 2. The molecule has 7 heteroatoms. The number of anilines is 1. The number of likely N-dealkylation sites (N-methyl/N-ethyl adjacent to an activating group) is 1. The molecule has 0 unspecified atom stereocenters. The van der Waals surface area contributed by atoms with Crippen molar-refractivity contribution in [1.82, 2.24) is 4.72 Å². The van der Waals surface area contributed by atoms with Crippen molar-refractivity contribution < 1.29 is 13.2 Å².